The number of rotatable bonds is 4. The third kappa shape index (κ3) is 3.21. The minimum Gasteiger partial charge on any atom is -0.362 e. The first kappa shape index (κ1) is 8.31. The molecule has 0 saturated carbocycles. The normalized spacial score (nSPS) is 15.9. The SMILES string of the molecule is CCCCCN1C=C[N+]=CC1. The molecule has 2 nitrogen and oxygen atoms in total. The van der Waals surface area contributed by atoms with E-state index in [0.717, 1.165) is 6.54 Å². The van der Waals surface area contributed by atoms with E-state index < -0.39 is 0 Å². The maximum Gasteiger partial charge on any atom is 0.257 e. The van der Waals surface area contributed by atoms with Crippen LogP contribution in [0.5, 0.6) is 0 Å². The van der Waals surface area contributed by atoms with Crippen molar-refractivity contribution in [3.8, 4) is 0 Å². The first-order chi connectivity index (χ1) is 5.43. The lowest BCUT2D eigenvalue weighted by atomic mass is 10.2. The lowest BCUT2D eigenvalue weighted by Crippen LogP contribution is -2.24. The van der Waals surface area contributed by atoms with E-state index in [4.69, 9.17) is 0 Å². The van der Waals surface area contributed by atoms with Crippen LogP contribution in [0.15, 0.2) is 12.4 Å². The maximum atomic E-state index is 4.01. The monoisotopic (exact) mass is 152 g/mol. The second-order valence-electron chi connectivity index (χ2n) is 2.83. The van der Waals surface area contributed by atoms with E-state index in [-0.39, 0.29) is 0 Å². The van der Waals surface area contributed by atoms with Crippen molar-refractivity contribution in [2.75, 3.05) is 13.1 Å². The summed E-state index contributed by atoms with van der Waals surface area (Å²) in [5, 5.41) is 0. The largest absolute Gasteiger partial charge is 0.362 e. The molecule has 2 heteroatoms. The second kappa shape index (κ2) is 4.94. The van der Waals surface area contributed by atoms with Crippen LogP contribution >= 0.6 is 0 Å². The average molecular weight is 152 g/mol. The molecule has 1 heterocycles. The molecular formula is C9H16N2+. The summed E-state index contributed by atoms with van der Waals surface area (Å²) >= 11 is 0. The van der Waals surface area contributed by atoms with Gasteiger partial charge in [0.15, 0.2) is 0 Å². The Morgan fingerprint density at radius 2 is 2.36 bits per heavy atom. The third-order valence-corrected chi connectivity index (χ3v) is 1.83. The molecule has 11 heavy (non-hydrogen) atoms. The summed E-state index contributed by atoms with van der Waals surface area (Å²) in [7, 11) is 0. The predicted octanol–water partition coefficient (Wildman–Crippen LogP) is 1.37. The minimum absolute atomic E-state index is 0.986. The Morgan fingerprint density at radius 3 is 3.00 bits per heavy atom. The number of unbranched alkanes of at least 4 members (excludes halogenated alkanes) is 2. The highest BCUT2D eigenvalue weighted by molar-refractivity contribution is 5.60. The van der Waals surface area contributed by atoms with Crippen LogP contribution in [0.4, 0.5) is 0 Å². The van der Waals surface area contributed by atoms with Crippen molar-refractivity contribution in [1.29, 1.82) is 0 Å². The second-order valence-corrected chi connectivity index (χ2v) is 2.83. The van der Waals surface area contributed by atoms with Crippen LogP contribution in [-0.2, 0) is 0 Å². The average Bonchev–Trinajstić information content (AvgIpc) is 2.07. The number of nitrogens with zero attached hydrogens (tertiary/aromatic N) is 2. The smallest absolute Gasteiger partial charge is 0.257 e. The molecule has 61 valence electrons. The van der Waals surface area contributed by atoms with Gasteiger partial charge in [0, 0.05) is 6.54 Å². The van der Waals surface area contributed by atoms with Gasteiger partial charge in [-0.15, -0.1) is 0 Å². The summed E-state index contributed by atoms with van der Waals surface area (Å²) in [6.45, 7) is 4.39. The lowest BCUT2D eigenvalue weighted by Gasteiger charge is -2.15. The molecule has 0 unspecified atom stereocenters. The zero-order valence-corrected chi connectivity index (χ0v) is 7.16. The summed E-state index contributed by atoms with van der Waals surface area (Å²) in [5.41, 5.74) is 0. The molecule has 0 N–H and O–H groups in total. The van der Waals surface area contributed by atoms with E-state index in [2.05, 4.69) is 23.0 Å². The van der Waals surface area contributed by atoms with E-state index in [0.29, 0.717) is 0 Å². The molecule has 1 radical (unpaired) electrons. The van der Waals surface area contributed by atoms with Gasteiger partial charge in [-0.1, -0.05) is 19.8 Å². The van der Waals surface area contributed by atoms with Gasteiger partial charge in [0.1, 0.15) is 6.54 Å². The highest BCUT2D eigenvalue weighted by atomic mass is 15.1. The van der Waals surface area contributed by atoms with Crippen molar-refractivity contribution in [2.24, 2.45) is 0 Å². The Kier molecular flexibility index (Phi) is 3.73. The van der Waals surface area contributed by atoms with Crippen LogP contribution in [0.1, 0.15) is 26.2 Å². The highest BCUT2D eigenvalue weighted by Gasteiger charge is 2.04. The summed E-state index contributed by atoms with van der Waals surface area (Å²) in [6.07, 6.45) is 9.80. The molecule has 0 amide bonds. The quantitative estimate of drug-likeness (QED) is 0.556. The zero-order chi connectivity index (χ0) is 7.94. The third-order valence-electron chi connectivity index (χ3n) is 1.83. The summed E-state index contributed by atoms with van der Waals surface area (Å²) in [6, 6.07) is 0. The molecule has 0 saturated heterocycles. The number of aliphatic imine (C=N–C) groups is 1. The van der Waals surface area contributed by atoms with Gasteiger partial charge in [-0.3, -0.25) is 0 Å². The summed E-state index contributed by atoms with van der Waals surface area (Å²) < 4.78 is 0. The Labute approximate surface area is 68.6 Å². The Balaban J connectivity index is 2.07. The fraction of sp³-hybridized carbons (Fsp3) is 0.667. The van der Waals surface area contributed by atoms with Gasteiger partial charge in [-0.25, -0.2) is 0 Å². The lowest BCUT2D eigenvalue weighted by molar-refractivity contribution is 0.406. The molecule has 0 aliphatic carbocycles. The van der Waals surface area contributed by atoms with Gasteiger partial charge in [0.25, 0.3) is 6.20 Å². The maximum absolute atomic E-state index is 4.01. The van der Waals surface area contributed by atoms with Crippen molar-refractivity contribution in [1.82, 2.24) is 9.89 Å². The molecule has 0 aromatic rings. The Morgan fingerprint density at radius 1 is 1.45 bits per heavy atom. The van der Waals surface area contributed by atoms with Gasteiger partial charge < -0.3 is 4.90 Å². The van der Waals surface area contributed by atoms with Gasteiger partial charge in [-0.05, 0) is 6.42 Å². The molecule has 1 rings (SSSR count). The number of hydrogen-bond donors (Lipinski definition) is 0. The van der Waals surface area contributed by atoms with Crippen LogP contribution in [-0.4, -0.2) is 24.2 Å². The standard InChI is InChI=1S/C9H16N2/c1-2-3-4-7-11-8-5-10-6-9-11/h5-6,8H,2-4,7,9H2,1H3/q+1. The molecule has 1 aliphatic heterocycles. The first-order valence-electron chi connectivity index (χ1n) is 4.36. The van der Waals surface area contributed by atoms with E-state index in [1.807, 2.05) is 12.4 Å². The Bertz CT molecular complexity index is 150. The van der Waals surface area contributed by atoms with Crippen LogP contribution < -0.4 is 4.99 Å². The molecule has 0 fully saturated rings. The number of hydrogen-bond acceptors (Lipinski definition) is 2. The van der Waals surface area contributed by atoms with Crippen molar-refractivity contribution in [2.45, 2.75) is 26.2 Å². The summed E-state index contributed by atoms with van der Waals surface area (Å²) in [4.78, 5) is 6.30. The highest BCUT2D eigenvalue weighted by Crippen LogP contribution is 1.98. The van der Waals surface area contributed by atoms with Gasteiger partial charge in [0.2, 0.25) is 6.21 Å². The molecule has 0 spiro atoms. The van der Waals surface area contributed by atoms with Crippen LogP contribution in [0.2, 0.25) is 0 Å². The molecular weight excluding hydrogens is 136 g/mol. The van der Waals surface area contributed by atoms with E-state index >= 15 is 0 Å². The molecule has 0 aromatic carbocycles. The topological polar surface area (TPSA) is 17.3 Å². The van der Waals surface area contributed by atoms with Crippen molar-refractivity contribution in [3.63, 3.8) is 0 Å². The first-order valence-corrected chi connectivity index (χ1v) is 4.36. The predicted molar refractivity (Wildman–Crippen MR) is 48.4 cm³/mol. The van der Waals surface area contributed by atoms with Crippen LogP contribution in [0, 0.1) is 0 Å². The molecule has 1 aliphatic rings. The Hall–Kier alpha value is -0.790. The molecule has 0 aromatic heterocycles. The minimum atomic E-state index is 0.986. The van der Waals surface area contributed by atoms with Gasteiger partial charge in [0.05, 0.1) is 11.2 Å². The fourth-order valence-corrected chi connectivity index (χ4v) is 1.14. The van der Waals surface area contributed by atoms with E-state index in [1.54, 1.807) is 0 Å². The van der Waals surface area contributed by atoms with E-state index in [9.17, 15) is 0 Å². The van der Waals surface area contributed by atoms with Gasteiger partial charge in [-0.2, -0.15) is 0 Å². The zero-order valence-electron chi connectivity index (χ0n) is 7.16. The van der Waals surface area contributed by atoms with Crippen molar-refractivity contribution in [3.05, 3.63) is 12.4 Å². The van der Waals surface area contributed by atoms with E-state index in [1.165, 1.54) is 25.8 Å². The fourth-order valence-electron chi connectivity index (χ4n) is 1.14. The molecule has 0 atom stereocenters. The molecule has 0 bridgehead atoms. The van der Waals surface area contributed by atoms with Crippen molar-refractivity contribution >= 4 is 6.21 Å². The van der Waals surface area contributed by atoms with Crippen LogP contribution in [0.25, 0.3) is 0 Å². The summed E-state index contributed by atoms with van der Waals surface area (Å²) in [5.74, 6) is 0. The van der Waals surface area contributed by atoms with Crippen LogP contribution in [0.3, 0.4) is 0 Å². The van der Waals surface area contributed by atoms with Gasteiger partial charge >= 0.3 is 0 Å². The van der Waals surface area contributed by atoms with Crippen molar-refractivity contribution < 1.29 is 0 Å².